The smallest absolute Gasteiger partial charge is 0.226 e. The summed E-state index contributed by atoms with van der Waals surface area (Å²) in [5.74, 6) is 2.24. The summed E-state index contributed by atoms with van der Waals surface area (Å²) in [6.07, 6.45) is 3.11. The van der Waals surface area contributed by atoms with Gasteiger partial charge in [0.2, 0.25) is 5.89 Å². The third kappa shape index (κ3) is 3.13. The number of rotatable bonds is 4. The van der Waals surface area contributed by atoms with Crippen molar-refractivity contribution in [2.24, 2.45) is 5.92 Å². The van der Waals surface area contributed by atoms with Crippen LogP contribution >= 0.6 is 0 Å². The van der Waals surface area contributed by atoms with E-state index in [9.17, 15) is 0 Å². The highest BCUT2D eigenvalue weighted by Gasteiger charge is 2.25. The number of ether oxygens (including phenoxy) is 1. The van der Waals surface area contributed by atoms with E-state index >= 15 is 0 Å². The molecule has 2 saturated heterocycles. The van der Waals surface area contributed by atoms with Gasteiger partial charge in [-0.3, -0.25) is 4.90 Å². The summed E-state index contributed by atoms with van der Waals surface area (Å²) in [6.45, 7) is 4.73. The molecule has 0 aliphatic carbocycles. The second-order valence-electron chi connectivity index (χ2n) is 5.52. The maximum absolute atomic E-state index is 5.38. The predicted octanol–water partition coefficient (Wildman–Crippen LogP) is 0.615. The van der Waals surface area contributed by atoms with Crippen molar-refractivity contribution in [2.75, 3.05) is 39.9 Å². The second kappa shape index (κ2) is 5.98. The first kappa shape index (κ1) is 13.0. The Kier molecular flexibility index (Phi) is 4.10. The maximum Gasteiger partial charge on any atom is 0.226 e. The first-order valence-corrected chi connectivity index (χ1v) is 7.14. The molecule has 0 radical (unpaired) electrons. The highest BCUT2D eigenvalue weighted by molar-refractivity contribution is 4.97. The van der Waals surface area contributed by atoms with Crippen LogP contribution in [0.1, 0.15) is 30.6 Å². The number of hydrogen-bond acceptors (Lipinski definition) is 6. The Morgan fingerprint density at radius 3 is 3.21 bits per heavy atom. The minimum atomic E-state index is 0.237. The lowest BCUT2D eigenvalue weighted by atomic mass is 10.0. The number of piperazine rings is 1. The lowest BCUT2D eigenvalue weighted by Gasteiger charge is -2.30. The molecule has 1 N–H and O–H groups in total. The van der Waals surface area contributed by atoms with E-state index in [0.717, 1.165) is 63.8 Å². The lowest BCUT2D eigenvalue weighted by molar-refractivity contribution is 0.183. The van der Waals surface area contributed by atoms with E-state index in [1.165, 1.54) is 0 Å². The van der Waals surface area contributed by atoms with Gasteiger partial charge in [-0.2, -0.15) is 4.98 Å². The molecular formula is C13H22N4O2. The molecule has 2 aliphatic rings. The van der Waals surface area contributed by atoms with E-state index in [4.69, 9.17) is 9.26 Å². The third-order valence-corrected chi connectivity index (χ3v) is 4.08. The molecule has 2 atom stereocenters. The predicted molar refractivity (Wildman–Crippen MR) is 69.8 cm³/mol. The largest absolute Gasteiger partial charge is 0.381 e. The molecule has 3 heterocycles. The van der Waals surface area contributed by atoms with Gasteiger partial charge < -0.3 is 14.6 Å². The van der Waals surface area contributed by atoms with Crippen LogP contribution in [0.2, 0.25) is 0 Å². The minimum absolute atomic E-state index is 0.237. The van der Waals surface area contributed by atoms with Crippen LogP contribution in [0.3, 0.4) is 0 Å². The molecule has 106 valence electrons. The van der Waals surface area contributed by atoms with Crippen LogP contribution in [-0.4, -0.2) is 54.9 Å². The molecule has 2 unspecified atom stereocenters. The summed E-state index contributed by atoms with van der Waals surface area (Å²) in [4.78, 5) is 6.82. The van der Waals surface area contributed by atoms with Crippen LogP contribution in [0, 0.1) is 5.92 Å². The molecule has 0 spiro atoms. The Bertz CT molecular complexity index is 403. The van der Waals surface area contributed by atoms with Gasteiger partial charge in [-0.1, -0.05) is 5.16 Å². The van der Waals surface area contributed by atoms with Gasteiger partial charge in [0.15, 0.2) is 5.82 Å². The fraction of sp³-hybridized carbons (Fsp3) is 0.846. The molecule has 6 nitrogen and oxygen atoms in total. The lowest BCUT2D eigenvalue weighted by Crippen LogP contribution is -2.44. The Hall–Kier alpha value is -0.980. The zero-order valence-corrected chi connectivity index (χ0v) is 11.5. The molecule has 2 fully saturated rings. The summed E-state index contributed by atoms with van der Waals surface area (Å²) < 4.78 is 10.7. The van der Waals surface area contributed by atoms with Crippen LogP contribution in [0.15, 0.2) is 4.52 Å². The average Bonchev–Trinajstić information content (AvgIpc) is 3.08. The second-order valence-corrected chi connectivity index (χ2v) is 5.52. The first-order valence-electron chi connectivity index (χ1n) is 7.14. The number of aromatic nitrogens is 2. The molecular weight excluding hydrogens is 244 g/mol. The molecule has 0 amide bonds. The van der Waals surface area contributed by atoms with Crippen molar-refractivity contribution < 1.29 is 9.26 Å². The van der Waals surface area contributed by atoms with E-state index in [1.807, 2.05) is 0 Å². The zero-order valence-electron chi connectivity index (χ0n) is 11.5. The standard InChI is InChI=1S/C13H22N4O2/c1-17-6-5-14-8-11(17)13-15-12(19-16-13)3-2-10-4-7-18-9-10/h10-11,14H,2-9H2,1H3. The van der Waals surface area contributed by atoms with Gasteiger partial charge in [0.25, 0.3) is 0 Å². The molecule has 1 aromatic heterocycles. The molecule has 2 aliphatic heterocycles. The van der Waals surface area contributed by atoms with E-state index in [1.54, 1.807) is 0 Å². The van der Waals surface area contributed by atoms with E-state index in [2.05, 4.69) is 27.4 Å². The van der Waals surface area contributed by atoms with E-state index in [0.29, 0.717) is 5.92 Å². The molecule has 0 saturated carbocycles. The molecule has 1 aromatic rings. The Morgan fingerprint density at radius 1 is 1.47 bits per heavy atom. The highest BCUT2D eigenvalue weighted by Crippen LogP contribution is 2.21. The average molecular weight is 266 g/mol. The number of likely N-dealkylation sites (N-methyl/N-ethyl adjacent to an activating group) is 1. The summed E-state index contributed by atoms with van der Waals surface area (Å²) >= 11 is 0. The van der Waals surface area contributed by atoms with Crippen molar-refractivity contribution in [3.63, 3.8) is 0 Å². The van der Waals surface area contributed by atoms with Crippen molar-refractivity contribution in [2.45, 2.75) is 25.3 Å². The van der Waals surface area contributed by atoms with Crippen LogP contribution < -0.4 is 5.32 Å². The van der Waals surface area contributed by atoms with Crippen molar-refractivity contribution in [1.29, 1.82) is 0 Å². The van der Waals surface area contributed by atoms with Gasteiger partial charge >= 0.3 is 0 Å². The van der Waals surface area contributed by atoms with Crippen LogP contribution in [0.5, 0.6) is 0 Å². The molecule has 0 aromatic carbocycles. The number of hydrogen-bond donors (Lipinski definition) is 1. The summed E-state index contributed by atoms with van der Waals surface area (Å²) in [6, 6.07) is 0.237. The monoisotopic (exact) mass is 266 g/mol. The Labute approximate surface area is 113 Å². The van der Waals surface area contributed by atoms with E-state index < -0.39 is 0 Å². The van der Waals surface area contributed by atoms with Crippen LogP contribution in [0.4, 0.5) is 0 Å². The number of nitrogens with zero attached hydrogens (tertiary/aromatic N) is 3. The Morgan fingerprint density at radius 2 is 2.42 bits per heavy atom. The number of aryl methyl sites for hydroxylation is 1. The molecule has 19 heavy (non-hydrogen) atoms. The van der Waals surface area contributed by atoms with Crippen molar-refractivity contribution in [3.8, 4) is 0 Å². The van der Waals surface area contributed by atoms with Gasteiger partial charge in [-0.15, -0.1) is 0 Å². The van der Waals surface area contributed by atoms with E-state index in [-0.39, 0.29) is 6.04 Å². The first-order chi connectivity index (χ1) is 9.33. The molecule has 6 heteroatoms. The van der Waals surface area contributed by atoms with Gasteiger partial charge in [-0.05, 0) is 25.8 Å². The van der Waals surface area contributed by atoms with Crippen LogP contribution in [0.25, 0.3) is 0 Å². The maximum atomic E-state index is 5.38. The van der Waals surface area contributed by atoms with Crippen molar-refractivity contribution in [3.05, 3.63) is 11.7 Å². The van der Waals surface area contributed by atoms with Gasteiger partial charge in [0.1, 0.15) is 0 Å². The fourth-order valence-corrected chi connectivity index (χ4v) is 2.74. The molecule has 0 bridgehead atoms. The van der Waals surface area contributed by atoms with Crippen LogP contribution in [-0.2, 0) is 11.2 Å². The third-order valence-electron chi connectivity index (χ3n) is 4.08. The van der Waals surface area contributed by atoms with Gasteiger partial charge in [0, 0.05) is 39.3 Å². The fourth-order valence-electron chi connectivity index (χ4n) is 2.74. The summed E-state index contributed by atoms with van der Waals surface area (Å²) in [5, 5.41) is 7.51. The molecule has 3 rings (SSSR count). The number of nitrogens with one attached hydrogen (secondary N) is 1. The van der Waals surface area contributed by atoms with Crippen molar-refractivity contribution in [1.82, 2.24) is 20.4 Å². The highest BCUT2D eigenvalue weighted by atomic mass is 16.5. The topological polar surface area (TPSA) is 63.4 Å². The Balaban J connectivity index is 1.56. The normalized spacial score (nSPS) is 28.9. The summed E-state index contributed by atoms with van der Waals surface area (Å²) in [7, 11) is 2.11. The van der Waals surface area contributed by atoms with Crippen molar-refractivity contribution >= 4 is 0 Å². The van der Waals surface area contributed by atoms with Gasteiger partial charge in [-0.25, -0.2) is 0 Å². The SMILES string of the molecule is CN1CCNCC1c1noc(CCC2CCOC2)n1. The summed E-state index contributed by atoms with van der Waals surface area (Å²) in [5.41, 5.74) is 0. The van der Waals surface area contributed by atoms with Gasteiger partial charge in [0.05, 0.1) is 6.04 Å². The zero-order chi connectivity index (χ0) is 13.1. The quantitative estimate of drug-likeness (QED) is 0.861. The minimum Gasteiger partial charge on any atom is -0.381 e.